The number of aryl methyl sites for hydroxylation is 1. The molecule has 1 aromatic carbocycles. The number of carboxylic acids is 1. The van der Waals surface area contributed by atoms with E-state index in [-0.39, 0.29) is 6.42 Å². The topological polar surface area (TPSA) is 66.0 Å². The number of imidazole rings is 1. The first-order valence-electron chi connectivity index (χ1n) is 4.61. The van der Waals surface area contributed by atoms with E-state index in [0.717, 1.165) is 5.52 Å². The number of hydrogen-bond donors (Lipinski definition) is 2. The summed E-state index contributed by atoms with van der Waals surface area (Å²) in [5, 5.41) is 9.54. The van der Waals surface area contributed by atoms with Crippen LogP contribution in [0.15, 0.2) is 12.1 Å². The number of H-pyrrole nitrogens is 1. The highest BCUT2D eigenvalue weighted by Crippen LogP contribution is 2.26. The molecule has 6 heteroatoms. The highest BCUT2D eigenvalue weighted by atomic mass is 35.5. The van der Waals surface area contributed by atoms with E-state index < -0.39 is 5.97 Å². The molecule has 4 nitrogen and oxygen atoms in total. The number of aromatic nitrogens is 2. The van der Waals surface area contributed by atoms with Gasteiger partial charge < -0.3 is 10.1 Å². The van der Waals surface area contributed by atoms with Crippen LogP contribution in [-0.2, 0) is 11.2 Å². The van der Waals surface area contributed by atoms with Gasteiger partial charge in [0.1, 0.15) is 11.3 Å². The fourth-order valence-corrected chi connectivity index (χ4v) is 1.97. The van der Waals surface area contributed by atoms with Crippen molar-refractivity contribution in [2.24, 2.45) is 0 Å². The fourth-order valence-electron chi connectivity index (χ4n) is 1.44. The molecule has 1 heterocycles. The van der Waals surface area contributed by atoms with Crippen LogP contribution in [0.5, 0.6) is 0 Å². The minimum absolute atomic E-state index is 0.0329. The Labute approximate surface area is 101 Å². The van der Waals surface area contributed by atoms with Crippen LogP contribution in [-0.4, -0.2) is 21.0 Å². The van der Waals surface area contributed by atoms with Crippen molar-refractivity contribution in [1.82, 2.24) is 9.97 Å². The highest BCUT2D eigenvalue weighted by molar-refractivity contribution is 6.38. The Kier molecular flexibility index (Phi) is 3.03. The number of carboxylic acid groups (broad SMARTS) is 1. The van der Waals surface area contributed by atoms with Gasteiger partial charge in [0.25, 0.3) is 0 Å². The standard InChI is InChI=1S/C10H8Cl2N2O2/c11-5-3-6(12)10-7(4-5)13-8(14-10)1-2-9(15)16/h3-4H,1-2H2,(H,13,14)(H,15,16). The van der Waals surface area contributed by atoms with Crippen molar-refractivity contribution in [1.29, 1.82) is 0 Å². The lowest BCUT2D eigenvalue weighted by atomic mass is 10.3. The van der Waals surface area contributed by atoms with Crippen LogP contribution in [0.4, 0.5) is 0 Å². The van der Waals surface area contributed by atoms with Crippen LogP contribution in [0.25, 0.3) is 11.0 Å². The van der Waals surface area contributed by atoms with E-state index in [0.29, 0.717) is 27.8 Å². The number of rotatable bonds is 3. The summed E-state index contributed by atoms with van der Waals surface area (Å²) in [6, 6.07) is 3.31. The molecule has 0 spiro atoms. The lowest BCUT2D eigenvalue weighted by Crippen LogP contribution is -1.98. The molecule has 0 saturated heterocycles. The molecule has 84 valence electrons. The average molecular weight is 259 g/mol. The second-order valence-corrected chi connectivity index (χ2v) is 4.20. The largest absolute Gasteiger partial charge is 0.481 e. The summed E-state index contributed by atoms with van der Waals surface area (Å²) < 4.78 is 0. The molecule has 0 bridgehead atoms. The molecule has 0 unspecified atom stereocenters. The Bertz CT molecular complexity index is 551. The number of aliphatic carboxylic acids is 1. The monoisotopic (exact) mass is 258 g/mol. The zero-order valence-electron chi connectivity index (χ0n) is 8.13. The van der Waals surface area contributed by atoms with Crippen molar-refractivity contribution < 1.29 is 9.90 Å². The smallest absolute Gasteiger partial charge is 0.303 e. The van der Waals surface area contributed by atoms with Gasteiger partial charge in [-0.05, 0) is 12.1 Å². The van der Waals surface area contributed by atoms with Crippen molar-refractivity contribution in [3.8, 4) is 0 Å². The first-order chi connectivity index (χ1) is 7.56. The molecule has 0 atom stereocenters. The average Bonchev–Trinajstić information content (AvgIpc) is 2.57. The van der Waals surface area contributed by atoms with E-state index in [4.69, 9.17) is 28.3 Å². The molecule has 2 N–H and O–H groups in total. The van der Waals surface area contributed by atoms with Gasteiger partial charge in [-0.2, -0.15) is 0 Å². The van der Waals surface area contributed by atoms with Crippen LogP contribution < -0.4 is 0 Å². The Morgan fingerprint density at radius 2 is 2.19 bits per heavy atom. The van der Waals surface area contributed by atoms with Gasteiger partial charge in [0.15, 0.2) is 0 Å². The Morgan fingerprint density at radius 3 is 2.88 bits per heavy atom. The van der Waals surface area contributed by atoms with Crippen LogP contribution >= 0.6 is 23.2 Å². The molecule has 2 rings (SSSR count). The van der Waals surface area contributed by atoms with E-state index >= 15 is 0 Å². The molecule has 0 aliphatic rings. The number of fused-ring (bicyclic) bond motifs is 1. The maximum atomic E-state index is 10.4. The predicted molar refractivity (Wildman–Crippen MR) is 62.1 cm³/mol. The Hall–Kier alpha value is -1.26. The second kappa shape index (κ2) is 4.31. The maximum Gasteiger partial charge on any atom is 0.303 e. The van der Waals surface area contributed by atoms with Crippen LogP contribution in [0.1, 0.15) is 12.2 Å². The normalized spacial score (nSPS) is 10.9. The lowest BCUT2D eigenvalue weighted by Gasteiger charge is -1.92. The zero-order valence-corrected chi connectivity index (χ0v) is 9.64. The van der Waals surface area contributed by atoms with E-state index in [1.54, 1.807) is 12.1 Å². The number of benzene rings is 1. The van der Waals surface area contributed by atoms with Crippen LogP contribution in [0, 0.1) is 0 Å². The summed E-state index contributed by atoms with van der Waals surface area (Å²) in [6.45, 7) is 0. The number of nitrogens with one attached hydrogen (secondary N) is 1. The highest BCUT2D eigenvalue weighted by Gasteiger charge is 2.08. The second-order valence-electron chi connectivity index (χ2n) is 3.36. The number of hydrogen-bond acceptors (Lipinski definition) is 2. The number of carbonyl (C=O) groups is 1. The van der Waals surface area contributed by atoms with Crippen molar-refractivity contribution in [3.05, 3.63) is 28.0 Å². The van der Waals surface area contributed by atoms with Gasteiger partial charge in [-0.3, -0.25) is 4.79 Å². The van der Waals surface area contributed by atoms with E-state index in [9.17, 15) is 4.79 Å². The summed E-state index contributed by atoms with van der Waals surface area (Å²) in [4.78, 5) is 17.6. The molecule has 0 amide bonds. The molecule has 0 saturated carbocycles. The van der Waals surface area contributed by atoms with Crippen molar-refractivity contribution in [2.75, 3.05) is 0 Å². The Morgan fingerprint density at radius 1 is 1.44 bits per heavy atom. The van der Waals surface area contributed by atoms with Crippen LogP contribution in [0.2, 0.25) is 10.0 Å². The predicted octanol–water partition coefficient (Wildman–Crippen LogP) is 2.89. The number of halogens is 2. The summed E-state index contributed by atoms with van der Waals surface area (Å²) >= 11 is 11.8. The first kappa shape index (κ1) is 11.2. The molecule has 0 aliphatic carbocycles. The number of aromatic amines is 1. The van der Waals surface area contributed by atoms with E-state index in [1.807, 2.05) is 0 Å². The van der Waals surface area contributed by atoms with Gasteiger partial charge in [-0.15, -0.1) is 0 Å². The maximum absolute atomic E-state index is 10.4. The quantitative estimate of drug-likeness (QED) is 0.890. The summed E-state index contributed by atoms with van der Waals surface area (Å²) in [6.07, 6.45) is 0.378. The van der Waals surface area contributed by atoms with Crippen molar-refractivity contribution in [2.45, 2.75) is 12.8 Å². The molecular formula is C10H8Cl2N2O2. The van der Waals surface area contributed by atoms with Crippen molar-refractivity contribution >= 4 is 40.2 Å². The number of nitrogens with zero attached hydrogens (tertiary/aromatic N) is 1. The molecule has 0 radical (unpaired) electrons. The molecular weight excluding hydrogens is 251 g/mol. The van der Waals surface area contributed by atoms with Gasteiger partial charge in [-0.25, -0.2) is 4.98 Å². The lowest BCUT2D eigenvalue weighted by molar-refractivity contribution is -0.137. The van der Waals surface area contributed by atoms with Gasteiger partial charge in [-0.1, -0.05) is 23.2 Å². The van der Waals surface area contributed by atoms with Gasteiger partial charge >= 0.3 is 5.97 Å². The summed E-state index contributed by atoms with van der Waals surface area (Å²) in [7, 11) is 0. The van der Waals surface area contributed by atoms with E-state index in [2.05, 4.69) is 9.97 Å². The third-order valence-electron chi connectivity index (χ3n) is 2.13. The minimum atomic E-state index is -0.857. The van der Waals surface area contributed by atoms with Crippen LogP contribution in [0.3, 0.4) is 0 Å². The van der Waals surface area contributed by atoms with Gasteiger partial charge in [0.05, 0.1) is 17.0 Å². The van der Waals surface area contributed by atoms with Gasteiger partial charge in [0, 0.05) is 11.4 Å². The molecule has 0 fully saturated rings. The minimum Gasteiger partial charge on any atom is -0.481 e. The molecule has 2 aromatic rings. The molecule has 0 aliphatic heterocycles. The third-order valence-corrected chi connectivity index (χ3v) is 2.64. The van der Waals surface area contributed by atoms with E-state index in [1.165, 1.54) is 0 Å². The SMILES string of the molecule is O=C(O)CCc1nc2c(Cl)cc(Cl)cc2[nH]1. The van der Waals surface area contributed by atoms with Gasteiger partial charge in [0.2, 0.25) is 0 Å². The third kappa shape index (κ3) is 2.28. The fraction of sp³-hybridized carbons (Fsp3) is 0.200. The Balaban J connectivity index is 2.36. The zero-order chi connectivity index (χ0) is 11.7. The summed E-state index contributed by atoms with van der Waals surface area (Å²) in [5.74, 6) is -0.258. The molecule has 16 heavy (non-hydrogen) atoms. The summed E-state index contributed by atoms with van der Waals surface area (Å²) in [5.41, 5.74) is 1.34. The van der Waals surface area contributed by atoms with Crippen molar-refractivity contribution in [3.63, 3.8) is 0 Å². The molecule has 1 aromatic heterocycles. The first-order valence-corrected chi connectivity index (χ1v) is 5.37.